The first-order valence-electron chi connectivity index (χ1n) is 11.1. The number of benzene rings is 3. The first-order valence-corrected chi connectivity index (χ1v) is 11.1. The first-order chi connectivity index (χ1) is 15.9. The van der Waals surface area contributed by atoms with Gasteiger partial charge in [0.25, 0.3) is 0 Å². The van der Waals surface area contributed by atoms with Crippen LogP contribution >= 0.6 is 0 Å². The van der Waals surface area contributed by atoms with E-state index in [2.05, 4.69) is 54.1 Å². The molecule has 170 valence electrons. The summed E-state index contributed by atoms with van der Waals surface area (Å²) in [5.41, 5.74) is 5.13. The van der Waals surface area contributed by atoms with Crippen LogP contribution in [0.25, 0.3) is 10.9 Å². The number of aromatic nitrogens is 1. The molecule has 0 saturated heterocycles. The predicted molar refractivity (Wildman–Crippen MR) is 136 cm³/mol. The van der Waals surface area contributed by atoms with Gasteiger partial charge in [-0.15, -0.1) is 0 Å². The highest BCUT2D eigenvalue weighted by Gasteiger charge is 2.12. The molecule has 0 spiro atoms. The molecular formula is C27H30N4O2. The quantitative estimate of drug-likeness (QED) is 0.355. The second-order valence-electron chi connectivity index (χ2n) is 8.42. The number of fused-ring (bicyclic) bond motifs is 1. The van der Waals surface area contributed by atoms with Gasteiger partial charge in [-0.1, -0.05) is 18.2 Å². The van der Waals surface area contributed by atoms with E-state index in [0.29, 0.717) is 11.4 Å². The summed E-state index contributed by atoms with van der Waals surface area (Å²) >= 11 is 0. The van der Waals surface area contributed by atoms with Crippen LogP contribution < -0.4 is 15.4 Å². The van der Waals surface area contributed by atoms with Crippen LogP contribution in [0.15, 0.2) is 72.8 Å². The third-order valence-electron chi connectivity index (χ3n) is 5.76. The Labute approximate surface area is 194 Å². The number of urea groups is 1. The number of rotatable bonds is 7. The lowest BCUT2D eigenvalue weighted by Crippen LogP contribution is -2.19. The van der Waals surface area contributed by atoms with Crippen LogP contribution in [-0.2, 0) is 6.54 Å². The summed E-state index contributed by atoms with van der Waals surface area (Å²) < 4.78 is 8.14. The van der Waals surface area contributed by atoms with Crippen LogP contribution in [0, 0.1) is 13.8 Å². The third-order valence-corrected chi connectivity index (χ3v) is 5.76. The average molecular weight is 443 g/mol. The van der Waals surface area contributed by atoms with Crippen molar-refractivity contribution in [2.24, 2.45) is 0 Å². The number of para-hydroxylation sites is 1. The molecule has 0 saturated carbocycles. The second-order valence-corrected chi connectivity index (χ2v) is 8.42. The second kappa shape index (κ2) is 9.79. The van der Waals surface area contributed by atoms with Crippen molar-refractivity contribution in [1.29, 1.82) is 0 Å². The summed E-state index contributed by atoms with van der Waals surface area (Å²) in [7, 11) is 4.16. The van der Waals surface area contributed by atoms with Gasteiger partial charge < -0.3 is 24.8 Å². The number of ether oxygens (including phenoxy) is 1. The van der Waals surface area contributed by atoms with Crippen molar-refractivity contribution in [3.63, 3.8) is 0 Å². The number of anilines is 2. The molecular weight excluding hydrogens is 412 g/mol. The molecule has 1 heterocycles. The molecule has 1 aromatic heterocycles. The molecule has 4 aromatic rings. The molecule has 0 unspecified atom stereocenters. The number of nitrogens with zero attached hydrogens (tertiary/aromatic N) is 2. The Balaban J connectivity index is 1.42. The molecule has 0 fully saturated rings. The van der Waals surface area contributed by atoms with E-state index in [1.807, 2.05) is 66.7 Å². The molecule has 3 aromatic carbocycles. The fourth-order valence-electron chi connectivity index (χ4n) is 3.84. The summed E-state index contributed by atoms with van der Waals surface area (Å²) in [5, 5.41) is 6.98. The number of hydrogen-bond donors (Lipinski definition) is 2. The minimum Gasteiger partial charge on any atom is -0.457 e. The Kier molecular flexibility index (Phi) is 6.66. The van der Waals surface area contributed by atoms with E-state index in [4.69, 9.17) is 4.74 Å². The predicted octanol–water partition coefficient (Wildman–Crippen LogP) is 6.26. The summed E-state index contributed by atoms with van der Waals surface area (Å²) in [6.45, 7) is 6.19. The summed E-state index contributed by atoms with van der Waals surface area (Å²) in [4.78, 5) is 14.7. The van der Waals surface area contributed by atoms with Gasteiger partial charge in [0.15, 0.2) is 0 Å². The van der Waals surface area contributed by atoms with Crippen molar-refractivity contribution in [2.45, 2.75) is 20.4 Å². The maximum absolute atomic E-state index is 12.6. The Morgan fingerprint density at radius 2 is 1.52 bits per heavy atom. The molecule has 2 amide bonds. The van der Waals surface area contributed by atoms with Gasteiger partial charge >= 0.3 is 6.03 Å². The number of likely N-dealkylation sites (N-methyl/N-ethyl adjacent to an activating group) is 1. The average Bonchev–Trinajstić information content (AvgIpc) is 3.03. The Morgan fingerprint density at radius 1 is 0.879 bits per heavy atom. The van der Waals surface area contributed by atoms with Crippen molar-refractivity contribution >= 4 is 28.3 Å². The van der Waals surface area contributed by atoms with Gasteiger partial charge in [0, 0.05) is 41.1 Å². The lowest BCUT2D eigenvalue weighted by Gasteiger charge is -2.13. The zero-order chi connectivity index (χ0) is 23.4. The SMILES string of the molecule is Cc1c(C)n(CCN(C)C)c2ccc(NC(=O)Nc3ccc(Oc4ccccc4)cc3)cc12. The molecule has 0 aliphatic carbocycles. The maximum Gasteiger partial charge on any atom is 0.323 e. The molecule has 6 nitrogen and oxygen atoms in total. The van der Waals surface area contributed by atoms with E-state index in [-0.39, 0.29) is 6.03 Å². The number of amides is 2. The topological polar surface area (TPSA) is 58.5 Å². The number of carbonyl (C=O) groups is 1. The summed E-state index contributed by atoms with van der Waals surface area (Å²) in [6.07, 6.45) is 0. The monoisotopic (exact) mass is 442 g/mol. The first kappa shape index (κ1) is 22.4. The zero-order valence-corrected chi connectivity index (χ0v) is 19.6. The molecule has 0 radical (unpaired) electrons. The lowest BCUT2D eigenvalue weighted by molar-refractivity contribution is 0.262. The normalized spacial score (nSPS) is 11.1. The van der Waals surface area contributed by atoms with Gasteiger partial charge in [-0.3, -0.25) is 0 Å². The van der Waals surface area contributed by atoms with E-state index in [1.54, 1.807) is 0 Å². The molecule has 33 heavy (non-hydrogen) atoms. The van der Waals surface area contributed by atoms with Gasteiger partial charge in [-0.2, -0.15) is 0 Å². The van der Waals surface area contributed by atoms with E-state index in [1.165, 1.54) is 16.8 Å². The molecule has 0 bridgehead atoms. The van der Waals surface area contributed by atoms with Crippen LogP contribution in [0.2, 0.25) is 0 Å². The van der Waals surface area contributed by atoms with Crippen LogP contribution in [-0.4, -0.2) is 36.1 Å². The standard InChI is InChI=1S/C27H30N4O2/c1-19-20(2)31(17-16-30(3)4)26-15-12-22(18-25(19)26)29-27(32)28-21-10-13-24(14-11-21)33-23-8-6-5-7-9-23/h5-15,18H,16-17H2,1-4H3,(H2,28,29,32). The smallest absolute Gasteiger partial charge is 0.323 e. The number of aryl methyl sites for hydroxylation is 1. The highest BCUT2D eigenvalue weighted by Crippen LogP contribution is 2.28. The minimum absolute atomic E-state index is 0.285. The highest BCUT2D eigenvalue weighted by atomic mass is 16.5. The molecule has 2 N–H and O–H groups in total. The van der Waals surface area contributed by atoms with Gasteiger partial charge in [-0.05, 0) is 88.1 Å². The zero-order valence-electron chi connectivity index (χ0n) is 19.6. The van der Waals surface area contributed by atoms with Crippen molar-refractivity contribution in [3.05, 3.63) is 84.1 Å². The number of nitrogens with one attached hydrogen (secondary N) is 2. The molecule has 0 atom stereocenters. The molecule has 0 aliphatic rings. The van der Waals surface area contributed by atoms with E-state index >= 15 is 0 Å². The highest BCUT2D eigenvalue weighted by molar-refractivity contribution is 6.01. The fourth-order valence-corrected chi connectivity index (χ4v) is 3.84. The van der Waals surface area contributed by atoms with Gasteiger partial charge in [0.1, 0.15) is 11.5 Å². The van der Waals surface area contributed by atoms with Crippen LogP contribution in [0.4, 0.5) is 16.2 Å². The largest absolute Gasteiger partial charge is 0.457 e. The van der Waals surface area contributed by atoms with E-state index < -0.39 is 0 Å². The van der Waals surface area contributed by atoms with Gasteiger partial charge in [0.05, 0.1) is 0 Å². The fraction of sp³-hybridized carbons (Fsp3) is 0.222. The van der Waals surface area contributed by atoms with Gasteiger partial charge in [0.2, 0.25) is 0 Å². The van der Waals surface area contributed by atoms with Crippen LogP contribution in [0.1, 0.15) is 11.3 Å². The van der Waals surface area contributed by atoms with E-state index in [9.17, 15) is 4.79 Å². The van der Waals surface area contributed by atoms with Gasteiger partial charge in [-0.25, -0.2) is 4.79 Å². The summed E-state index contributed by atoms with van der Waals surface area (Å²) in [6, 6.07) is 22.7. The van der Waals surface area contributed by atoms with Crippen molar-refractivity contribution in [2.75, 3.05) is 31.3 Å². The van der Waals surface area contributed by atoms with Crippen LogP contribution in [0.5, 0.6) is 11.5 Å². The van der Waals surface area contributed by atoms with Crippen molar-refractivity contribution in [3.8, 4) is 11.5 Å². The van der Waals surface area contributed by atoms with Crippen LogP contribution in [0.3, 0.4) is 0 Å². The molecule has 4 rings (SSSR count). The summed E-state index contributed by atoms with van der Waals surface area (Å²) in [5.74, 6) is 1.48. The number of carbonyl (C=O) groups excluding carboxylic acids is 1. The molecule has 6 heteroatoms. The maximum atomic E-state index is 12.6. The van der Waals surface area contributed by atoms with E-state index in [0.717, 1.165) is 29.9 Å². The Morgan fingerprint density at radius 3 is 2.21 bits per heavy atom. The molecule has 0 aliphatic heterocycles. The van der Waals surface area contributed by atoms with Crippen molar-refractivity contribution < 1.29 is 9.53 Å². The lowest BCUT2D eigenvalue weighted by atomic mass is 10.1. The Bertz CT molecular complexity index is 1240. The Hall–Kier alpha value is -3.77. The third kappa shape index (κ3) is 5.35. The van der Waals surface area contributed by atoms with Crippen molar-refractivity contribution in [1.82, 2.24) is 9.47 Å². The number of hydrogen-bond acceptors (Lipinski definition) is 3. The minimum atomic E-state index is -0.285.